The van der Waals surface area contributed by atoms with Crippen LogP contribution in [-0.2, 0) is 4.74 Å². The van der Waals surface area contributed by atoms with Gasteiger partial charge in [0.1, 0.15) is 36.6 Å². The molecule has 1 fully saturated rings. The Hall–Kier alpha value is -0.320. The lowest BCUT2D eigenvalue weighted by Crippen LogP contribution is -2.62. The van der Waals surface area contributed by atoms with Crippen LogP contribution in [0.5, 0.6) is 0 Å². The van der Waals surface area contributed by atoms with Gasteiger partial charge in [-0.05, 0) is 0 Å². The molecule has 1 rings (SSSR count). The molecule has 0 amide bonds. The zero-order valence-corrected chi connectivity index (χ0v) is 8.29. The van der Waals surface area contributed by atoms with E-state index in [1.165, 1.54) is 0 Å². The van der Waals surface area contributed by atoms with Gasteiger partial charge in [-0.25, -0.2) is 0 Å². The van der Waals surface area contributed by atoms with E-state index in [2.05, 4.69) is 4.74 Å². The lowest BCUT2D eigenvalue weighted by Gasteiger charge is -2.40. The van der Waals surface area contributed by atoms with Crippen LogP contribution >= 0.6 is 0 Å². The zero-order chi connectivity index (χ0) is 12.5. The van der Waals surface area contributed by atoms with Crippen LogP contribution in [0, 0.1) is 0 Å². The summed E-state index contributed by atoms with van der Waals surface area (Å²) in [6.45, 7) is -0.775. The van der Waals surface area contributed by atoms with Gasteiger partial charge in [0.25, 0.3) is 0 Å². The Kier molecular flexibility index (Phi) is 4.59. The fraction of sp³-hybridized carbons (Fsp3) is 1.00. The van der Waals surface area contributed by atoms with Crippen LogP contribution in [0.1, 0.15) is 0 Å². The number of hydrogen-bond acceptors (Lipinski definition) is 8. The minimum atomic E-state index is -1.79. The van der Waals surface area contributed by atoms with E-state index in [0.29, 0.717) is 0 Å². The Morgan fingerprint density at radius 3 is 2.00 bits per heavy atom. The van der Waals surface area contributed by atoms with Crippen molar-refractivity contribution in [2.45, 2.75) is 42.9 Å². The van der Waals surface area contributed by atoms with Crippen LogP contribution < -0.4 is 0 Å². The molecule has 0 radical (unpaired) electrons. The van der Waals surface area contributed by atoms with Gasteiger partial charge in [0.05, 0.1) is 6.61 Å². The quantitative estimate of drug-likeness (QED) is 0.261. The Morgan fingerprint density at radius 1 is 0.938 bits per heavy atom. The summed E-state index contributed by atoms with van der Waals surface area (Å²) < 4.78 is 4.64. The van der Waals surface area contributed by atoms with Gasteiger partial charge in [0.2, 0.25) is 0 Å². The maximum absolute atomic E-state index is 9.44. The third kappa shape index (κ3) is 2.50. The highest BCUT2D eigenvalue weighted by Crippen LogP contribution is 2.23. The molecule has 0 aromatic heterocycles. The summed E-state index contributed by atoms with van der Waals surface area (Å²) in [6, 6.07) is 0. The highest BCUT2D eigenvalue weighted by atomic mass is 16.6. The molecular weight excluding hydrogens is 224 g/mol. The van der Waals surface area contributed by atoms with Crippen molar-refractivity contribution in [1.29, 1.82) is 0 Å². The molecule has 0 aromatic carbocycles. The van der Waals surface area contributed by atoms with Crippen molar-refractivity contribution in [3.63, 3.8) is 0 Å². The first-order valence-electron chi connectivity index (χ1n) is 4.75. The van der Waals surface area contributed by atoms with Crippen molar-refractivity contribution >= 4 is 0 Å². The molecule has 0 unspecified atom stereocenters. The average molecular weight is 240 g/mol. The first-order valence-corrected chi connectivity index (χ1v) is 4.75. The summed E-state index contributed by atoms with van der Waals surface area (Å²) in [5.74, 6) is 0. The fourth-order valence-electron chi connectivity index (χ4n) is 1.50. The van der Waals surface area contributed by atoms with E-state index >= 15 is 0 Å². The average Bonchev–Trinajstić information content (AvgIpc) is 2.29. The van der Waals surface area contributed by atoms with Crippen molar-refractivity contribution in [1.82, 2.24) is 0 Å². The van der Waals surface area contributed by atoms with Gasteiger partial charge in [-0.3, -0.25) is 0 Å². The van der Waals surface area contributed by atoms with E-state index in [9.17, 15) is 15.3 Å². The molecule has 96 valence electrons. The number of aliphatic hydroxyl groups excluding tert-OH is 7. The monoisotopic (exact) mass is 240 g/mol. The lowest BCUT2D eigenvalue weighted by molar-refractivity contribution is -0.303. The van der Waals surface area contributed by atoms with E-state index < -0.39 is 49.5 Å². The molecule has 8 heteroatoms. The summed E-state index contributed by atoms with van der Waals surface area (Å²) in [7, 11) is 0. The third-order valence-electron chi connectivity index (χ3n) is 2.54. The standard InChI is InChI=1S/C8H16O8/c9-1-2(10)3(11)7-5(13)4(12)6(14)8(15)16-7/h2-15H,1H2/t2-,3+,4+,5-,6+,7-,8+/m0/s1. The minimum Gasteiger partial charge on any atom is -0.394 e. The van der Waals surface area contributed by atoms with Crippen LogP contribution in [0.15, 0.2) is 0 Å². The van der Waals surface area contributed by atoms with Gasteiger partial charge in [-0.1, -0.05) is 0 Å². The molecule has 0 aromatic rings. The van der Waals surface area contributed by atoms with Gasteiger partial charge in [-0.15, -0.1) is 0 Å². The SMILES string of the molecule is OC[C@H](O)[C@@H](O)[C@@H]1O[C@@H](O)[C@H](O)[C@H](O)[C@@H]1O. The van der Waals surface area contributed by atoms with Crippen LogP contribution in [0.4, 0.5) is 0 Å². The summed E-state index contributed by atoms with van der Waals surface area (Å²) >= 11 is 0. The third-order valence-corrected chi connectivity index (χ3v) is 2.54. The van der Waals surface area contributed by atoms with E-state index in [-0.39, 0.29) is 0 Å². The van der Waals surface area contributed by atoms with Gasteiger partial charge >= 0.3 is 0 Å². The maximum Gasteiger partial charge on any atom is 0.184 e. The van der Waals surface area contributed by atoms with E-state index in [1.807, 2.05) is 0 Å². The number of hydrogen-bond donors (Lipinski definition) is 7. The molecule has 1 aliphatic heterocycles. The van der Waals surface area contributed by atoms with Crippen molar-refractivity contribution in [3.05, 3.63) is 0 Å². The van der Waals surface area contributed by atoms with Gasteiger partial charge in [0.15, 0.2) is 6.29 Å². The largest absolute Gasteiger partial charge is 0.394 e. The highest BCUT2D eigenvalue weighted by Gasteiger charge is 2.47. The second kappa shape index (κ2) is 5.34. The molecule has 7 atom stereocenters. The summed E-state index contributed by atoms with van der Waals surface area (Å²) in [5, 5.41) is 64.1. The zero-order valence-electron chi connectivity index (χ0n) is 8.29. The molecule has 0 saturated carbocycles. The summed E-state index contributed by atoms with van der Waals surface area (Å²) in [6.07, 6.45) is -11.7. The molecule has 1 saturated heterocycles. The van der Waals surface area contributed by atoms with Crippen LogP contribution in [-0.4, -0.2) is 85.3 Å². The Labute approximate surface area is 91.0 Å². The molecule has 7 N–H and O–H groups in total. The second-order valence-corrected chi connectivity index (χ2v) is 3.70. The van der Waals surface area contributed by atoms with Gasteiger partial charge in [-0.2, -0.15) is 0 Å². The topological polar surface area (TPSA) is 151 Å². The van der Waals surface area contributed by atoms with Crippen molar-refractivity contribution in [2.24, 2.45) is 0 Å². The number of ether oxygens (including phenoxy) is 1. The summed E-state index contributed by atoms with van der Waals surface area (Å²) in [4.78, 5) is 0. The smallest absolute Gasteiger partial charge is 0.184 e. The van der Waals surface area contributed by atoms with Gasteiger partial charge < -0.3 is 40.5 Å². The van der Waals surface area contributed by atoms with E-state index in [4.69, 9.17) is 20.4 Å². The molecule has 0 spiro atoms. The molecular formula is C8H16O8. The summed E-state index contributed by atoms with van der Waals surface area (Å²) in [5.41, 5.74) is 0. The molecule has 0 bridgehead atoms. The predicted octanol–water partition coefficient (Wildman–Crippen LogP) is -4.50. The fourth-order valence-corrected chi connectivity index (χ4v) is 1.50. The highest BCUT2D eigenvalue weighted by molar-refractivity contribution is 4.93. The van der Waals surface area contributed by atoms with Crippen LogP contribution in [0.2, 0.25) is 0 Å². The van der Waals surface area contributed by atoms with Gasteiger partial charge in [0, 0.05) is 0 Å². The van der Waals surface area contributed by atoms with Crippen molar-refractivity contribution in [3.8, 4) is 0 Å². The second-order valence-electron chi connectivity index (χ2n) is 3.70. The Morgan fingerprint density at radius 2 is 1.50 bits per heavy atom. The van der Waals surface area contributed by atoms with Crippen LogP contribution in [0.3, 0.4) is 0 Å². The first kappa shape index (κ1) is 13.7. The normalized spacial score (nSPS) is 44.1. The Balaban J connectivity index is 2.73. The molecule has 1 aliphatic rings. The number of aliphatic hydroxyl groups is 7. The lowest BCUT2D eigenvalue weighted by atomic mass is 9.93. The van der Waals surface area contributed by atoms with Crippen molar-refractivity contribution < 1.29 is 40.5 Å². The molecule has 16 heavy (non-hydrogen) atoms. The molecule has 1 heterocycles. The first-order chi connectivity index (χ1) is 7.40. The Bertz CT molecular complexity index is 220. The predicted molar refractivity (Wildman–Crippen MR) is 48.0 cm³/mol. The van der Waals surface area contributed by atoms with Crippen molar-refractivity contribution in [2.75, 3.05) is 6.61 Å². The molecule has 0 aliphatic carbocycles. The maximum atomic E-state index is 9.44. The minimum absolute atomic E-state index is 0.775. The van der Waals surface area contributed by atoms with E-state index in [0.717, 1.165) is 0 Å². The number of rotatable bonds is 3. The van der Waals surface area contributed by atoms with E-state index in [1.54, 1.807) is 0 Å². The molecule has 8 nitrogen and oxygen atoms in total. The van der Waals surface area contributed by atoms with Crippen LogP contribution in [0.25, 0.3) is 0 Å².